The molecule has 2 heterocycles. The Morgan fingerprint density at radius 3 is 2.75 bits per heavy atom. The molecule has 1 aliphatic heterocycles. The topological polar surface area (TPSA) is 62.3 Å². The molecule has 20 heavy (non-hydrogen) atoms. The van der Waals surface area contributed by atoms with E-state index in [4.69, 9.17) is 20.2 Å². The molecule has 0 spiro atoms. The largest absolute Gasteiger partial charge is 0.454 e. The summed E-state index contributed by atoms with van der Waals surface area (Å²) in [4.78, 5) is 4.74. The van der Waals surface area contributed by atoms with Crippen molar-refractivity contribution in [2.24, 2.45) is 5.73 Å². The first-order valence-corrected chi connectivity index (χ1v) is 7.27. The summed E-state index contributed by atoms with van der Waals surface area (Å²) < 4.78 is 13.1. The second-order valence-corrected chi connectivity index (χ2v) is 5.25. The van der Waals surface area contributed by atoms with E-state index in [0.29, 0.717) is 0 Å². The SMILES string of the molecule is CCCc1nc2cc3c(cc2n1CC(N)CC)OCO3. The van der Waals surface area contributed by atoms with Crippen molar-refractivity contribution in [2.45, 2.75) is 45.7 Å². The van der Waals surface area contributed by atoms with Crippen LogP contribution in [0.25, 0.3) is 11.0 Å². The summed E-state index contributed by atoms with van der Waals surface area (Å²) in [6.07, 6.45) is 2.98. The maximum absolute atomic E-state index is 6.13. The molecule has 0 bridgehead atoms. The number of ether oxygens (including phenoxy) is 2. The molecule has 0 amide bonds. The van der Waals surface area contributed by atoms with Gasteiger partial charge in [0.05, 0.1) is 11.0 Å². The fourth-order valence-electron chi connectivity index (χ4n) is 2.55. The average molecular weight is 275 g/mol. The second-order valence-electron chi connectivity index (χ2n) is 5.25. The first kappa shape index (κ1) is 13.2. The van der Waals surface area contributed by atoms with Crippen molar-refractivity contribution in [2.75, 3.05) is 6.79 Å². The van der Waals surface area contributed by atoms with Gasteiger partial charge in [-0.15, -0.1) is 0 Å². The molecule has 0 saturated heterocycles. The molecule has 0 radical (unpaired) electrons. The molecule has 1 unspecified atom stereocenters. The summed E-state index contributed by atoms with van der Waals surface area (Å²) >= 11 is 0. The molecule has 1 aliphatic rings. The number of hydrogen-bond acceptors (Lipinski definition) is 4. The molecule has 0 saturated carbocycles. The molecule has 5 heteroatoms. The van der Waals surface area contributed by atoms with Crippen LogP contribution >= 0.6 is 0 Å². The predicted octanol–water partition coefficient (Wildman–Crippen LogP) is 2.45. The highest BCUT2D eigenvalue weighted by molar-refractivity contribution is 5.81. The van der Waals surface area contributed by atoms with Gasteiger partial charge in [0, 0.05) is 31.1 Å². The van der Waals surface area contributed by atoms with Crippen molar-refractivity contribution in [3.8, 4) is 11.5 Å². The Hall–Kier alpha value is -1.75. The van der Waals surface area contributed by atoms with E-state index in [1.807, 2.05) is 12.1 Å². The number of aromatic nitrogens is 2. The number of hydrogen-bond donors (Lipinski definition) is 1. The van der Waals surface area contributed by atoms with Gasteiger partial charge in [-0.25, -0.2) is 4.98 Å². The Morgan fingerprint density at radius 1 is 1.30 bits per heavy atom. The van der Waals surface area contributed by atoms with Crippen LogP contribution in [0.15, 0.2) is 12.1 Å². The van der Waals surface area contributed by atoms with Gasteiger partial charge in [-0.3, -0.25) is 0 Å². The summed E-state index contributed by atoms with van der Waals surface area (Å²) in [5, 5.41) is 0. The number of benzene rings is 1. The molecule has 5 nitrogen and oxygen atoms in total. The number of aryl methyl sites for hydroxylation is 1. The summed E-state index contributed by atoms with van der Waals surface area (Å²) in [7, 11) is 0. The van der Waals surface area contributed by atoms with Gasteiger partial charge in [-0.2, -0.15) is 0 Å². The zero-order valence-corrected chi connectivity index (χ0v) is 12.1. The monoisotopic (exact) mass is 275 g/mol. The predicted molar refractivity (Wildman–Crippen MR) is 78.1 cm³/mol. The van der Waals surface area contributed by atoms with Crippen LogP contribution in [0.4, 0.5) is 0 Å². The molecule has 1 aromatic heterocycles. The number of nitrogens with two attached hydrogens (primary N) is 1. The first-order chi connectivity index (χ1) is 9.72. The van der Waals surface area contributed by atoms with E-state index in [9.17, 15) is 0 Å². The Kier molecular flexibility index (Phi) is 3.53. The number of fused-ring (bicyclic) bond motifs is 2. The minimum atomic E-state index is 0.147. The van der Waals surface area contributed by atoms with Gasteiger partial charge in [0.1, 0.15) is 5.82 Å². The normalized spacial score (nSPS) is 14.9. The van der Waals surface area contributed by atoms with Crippen LogP contribution in [0.3, 0.4) is 0 Å². The van der Waals surface area contributed by atoms with Crippen molar-refractivity contribution in [3.05, 3.63) is 18.0 Å². The van der Waals surface area contributed by atoms with Crippen LogP contribution in [-0.2, 0) is 13.0 Å². The molecule has 0 fully saturated rings. The fraction of sp³-hybridized carbons (Fsp3) is 0.533. The minimum Gasteiger partial charge on any atom is -0.454 e. The highest BCUT2D eigenvalue weighted by Gasteiger charge is 2.19. The van der Waals surface area contributed by atoms with E-state index in [1.54, 1.807) is 0 Å². The first-order valence-electron chi connectivity index (χ1n) is 7.27. The Balaban J connectivity index is 2.09. The van der Waals surface area contributed by atoms with Crippen LogP contribution < -0.4 is 15.2 Å². The lowest BCUT2D eigenvalue weighted by Gasteiger charge is -2.13. The van der Waals surface area contributed by atoms with Crippen molar-refractivity contribution >= 4 is 11.0 Å². The van der Waals surface area contributed by atoms with Crippen molar-refractivity contribution in [1.29, 1.82) is 0 Å². The lowest BCUT2D eigenvalue weighted by molar-refractivity contribution is 0.174. The third kappa shape index (κ3) is 2.22. The van der Waals surface area contributed by atoms with Crippen LogP contribution in [-0.4, -0.2) is 22.4 Å². The van der Waals surface area contributed by atoms with E-state index >= 15 is 0 Å². The highest BCUT2D eigenvalue weighted by atomic mass is 16.7. The smallest absolute Gasteiger partial charge is 0.231 e. The lowest BCUT2D eigenvalue weighted by atomic mass is 10.2. The molecule has 3 rings (SSSR count). The van der Waals surface area contributed by atoms with Crippen molar-refractivity contribution in [1.82, 2.24) is 9.55 Å². The molecular formula is C15H21N3O2. The minimum absolute atomic E-state index is 0.147. The Labute approximate surface area is 118 Å². The zero-order valence-electron chi connectivity index (χ0n) is 12.1. The van der Waals surface area contributed by atoms with E-state index in [0.717, 1.165) is 54.2 Å². The maximum Gasteiger partial charge on any atom is 0.231 e. The molecule has 1 atom stereocenters. The number of rotatable bonds is 5. The van der Waals surface area contributed by atoms with E-state index in [-0.39, 0.29) is 12.8 Å². The van der Waals surface area contributed by atoms with Crippen LogP contribution in [0.1, 0.15) is 32.5 Å². The quantitative estimate of drug-likeness (QED) is 0.910. The van der Waals surface area contributed by atoms with Crippen LogP contribution in [0.2, 0.25) is 0 Å². The van der Waals surface area contributed by atoms with Crippen molar-refractivity contribution < 1.29 is 9.47 Å². The third-order valence-corrected chi connectivity index (χ3v) is 3.74. The molecule has 108 valence electrons. The van der Waals surface area contributed by atoms with Gasteiger partial charge in [-0.1, -0.05) is 13.8 Å². The molecule has 1 aromatic carbocycles. The summed E-state index contributed by atoms with van der Waals surface area (Å²) in [5.74, 6) is 2.67. The van der Waals surface area contributed by atoms with Gasteiger partial charge in [0.15, 0.2) is 11.5 Å². The van der Waals surface area contributed by atoms with Gasteiger partial charge in [0.25, 0.3) is 0 Å². The van der Waals surface area contributed by atoms with Gasteiger partial charge in [0.2, 0.25) is 6.79 Å². The Morgan fingerprint density at radius 2 is 2.05 bits per heavy atom. The lowest BCUT2D eigenvalue weighted by Crippen LogP contribution is -2.26. The van der Waals surface area contributed by atoms with E-state index < -0.39 is 0 Å². The second kappa shape index (κ2) is 5.32. The number of imidazole rings is 1. The summed E-state index contributed by atoms with van der Waals surface area (Å²) in [5.41, 5.74) is 8.17. The molecule has 2 N–H and O–H groups in total. The average Bonchev–Trinajstić information content (AvgIpc) is 3.02. The molecule has 0 aliphatic carbocycles. The van der Waals surface area contributed by atoms with Gasteiger partial charge in [-0.05, 0) is 12.8 Å². The standard InChI is InChI=1S/C15H21N3O2/c1-3-5-15-17-11-6-13-14(20-9-19-13)7-12(11)18(15)8-10(16)4-2/h6-7,10H,3-5,8-9,16H2,1-2H3. The molecular weight excluding hydrogens is 254 g/mol. The number of nitrogens with zero attached hydrogens (tertiary/aromatic N) is 2. The zero-order chi connectivity index (χ0) is 14.1. The third-order valence-electron chi connectivity index (χ3n) is 3.74. The van der Waals surface area contributed by atoms with E-state index in [1.165, 1.54) is 0 Å². The van der Waals surface area contributed by atoms with Crippen molar-refractivity contribution in [3.63, 3.8) is 0 Å². The maximum atomic E-state index is 6.13. The molecule has 2 aromatic rings. The Bertz CT molecular complexity index is 621. The van der Waals surface area contributed by atoms with E-state index in [2.05, 4.69) is 18.4 Å². The summed E-state index contributed by atoms with van der Waals surface area (Å²) in [6, 6.07) is 4.13. The fourth-order valence-corrected chi connectivity index (χ4v) is 2.55. The van der Waals surface area contributed by atoms with Gasteiger partial charge >= 0.3 is 0 Å². The van der Waals surface area contributed by atoms with Gasteiger partial charge < -0.3 is 19.8 Å². The summed E-state index contributed by atoms with van der Waals surface area (Å²) in [6.45, 7) is 5.35. The highest BCUT2D eigenvalue weighted by Crippen LogP contribution is 2.36. The van der Waals surface area contributed by atoms with Crippen LogP contribution in [0.5, 0.6) is 11.5 Å². The van der Waals surface area contributed by atoms with Crippen LogP contribution in [0, 0.1) is 0 Å².